The minimum Gasteiger partial charge on any atom is -0.466 e. The zero-order valence-electron chi connectivity index (χ0n) is 18.8. The number of methoxy groups -OCH3 is 1. The van der Waals surface area contributed by atoms with E-state index in [2.05, 4.69) is 6.58 Å². The first-order valence-corrected chi connectivity index (χ1v) is 10.4. The number of rotatable bonds is 4. The summed E-state index contributed by atoms with van der Waals surface area (Å²) in [5.41, 5.74) is -0.216. The van der Waals surface area contributed by atoms with E-state index in [1.807, 2.05) is 6.92 Å². The first-order chi connectivity index (χ1) is 15.0. The Morgan fingerprint density at radius 1 is 1.25 bits per heavy atom. The number of ether oxygens (including phenoxy) is 5. The molecule has 0 unspecified atom stereocenters. The highest BCUT2D eigenvalue weighted by Gasteiger charge is 2.59. The lowest BCUT2D eigenvalue weighted by Crippen LogP contribution is -2.47. The molecule has 2 saturated heterocycles. The molecule has 1 aliphatic carbocycles. The Labute approximate surface area is 186 Å². The molecule has 3 aliphatic rings. The Bertz CT molecular complexity index is 914. The van der Waals surface area contributed by atoms with Crippen LogP contribution in [0, 0.1) is 5.92 Å². The second kappa shape index (κ2) is 8.90. The highest BCUT2D eigenvalue weighted by Crippen LogP contribution is 2.41. The number of epoxide rings is 1. The average Bonchev–Trinajstić information content (AvgIpc) is 3.25. The van der Waals surface area contributed by atoms with Crippen LogP contribution in [-0.2, 0) is 42.9 Å². The molecule has 0 amide bonds. The minimum absolute atomic E-state index is 0.0102. The van der Waals surface area contributed by atoms with Crippen molar-refractivity contribution in [2.75, 3.05) is 7.11 Å². The van der Waals surface area contributed by atoms with Crippen molar-refractivity contribution >= 4 is 23.9 Å². The van der Waals surface area contributed by atoms with Crippen LogP contribution in [0.25, 0.3) is 0 Å². The zero-order chi connectivity index (χ0) is 23.8. The lowest BCUT2D eigenvalue weighted by atomic mass is 9.83. The molecule has 9 heteroatoms. The first kappa shape index (κ1) is 23.7. The van der Waals surface area contributed by atoms with Crippen LogP contribution in [0.5, 0.6) is 0 Å². The van der Waals surface area contributed by atoms with Gasteiger partial charge < -0.3 is 23.7 Å². The van der Waals surface area contributed by atoms with Crippen molar-refractivity contribution in [3.05, 3.63) is 35.5 Å². The van der Waals surface area contributed by atoms with Gasteiger partial charge in [-0.3, -0.25) is 4.79 Å². The fraction of sp³-hybridized carbons (Fsp3) is 0.565. The van der Waals surface area contributed by atoms with Gasteiger partial charge in [0.25, 0.3) is 0 Å². The Hall–Kier alpha value is -2.94. The Kier molecular flexibility index (Phi) is 6.59. The van der Waals surface area contributed by atoms with Gasteiger partial charge in [0.15, 0.2) is 17.8 Å². The summed E-state index contributed by atoms with van der Waals surface area (Å²) in [5, 5.41) is 0. The number of hydrogen-bond donors (Lipinski definition) is 0. The third-order valence-electron chi connectivity index (χ3n) is 6.07. The molecular formula is C23H28O9. The van der Waals surface area contributed by atoms with E-state index < -0.39 is 53.7 Å². The van der Waals surface area contributed by atoms with E-state index in [9.17, 15) is 19.2 Å². The van der Waals surface area contributed by atoms with Crippen molar-refractivity contribution < 1.29 is 42.9 Å². The molecule has 0 spiro atoms. The van der Waals surface area contributed by atoms with E-state index in [4.69, 9.17) is 23.7 Å². The number of fused-ring (bicyclic) bond motifs is 1. The number of hydrogen-bond acceptors (Lipinski definition) is 9. The molecule has 2 aliphatic heterocycles. The predicted octanol–water partition coefficient (Wildman–Crippen LogP) is 1.94. The second-order valence-corrected chi connectivity index (χ2v) is 8.39. The summed E-state index contributed by atoms with van der Waals surface area (Å²) in [6, 6.07) is 0. The van der Waals surface area contributed by atoms with Crippen LogP contribution in [0.1, 0.15) is 40.5 Å². The van der Waals surface area contributed by atoms with Crippen LogP contribution >= 0.6 is 0 Å². The van der Waals surface area contributed by atoms with Gasteiger partial charge in [-0.05, 0) is 39.7 Å². The molecule has 174 valence electrons. The van der Waals surface area contributed by atoms with Crippen molar-refractivity contribution in [2.24, 2.45) is 5.92 Å². The SMILES string of the molecule is C=C1C(=O)O[C@@H]2/C=C(/C)CC/C=C(/C(=O)OC)[C@H](OC(C)=O)[C@@H](OC(=O)[C@]3(C)O[C@@H]3C)[C@@H]12. The Balaban J connectivity index is 2.14. The van der Waals surface area contributed by atoms with E-state index in [-0.39, 0.29) is 17.3 Å². The van der Waals surface area contributed by atoms with Crippen LogP contribution < -0.4 is 0 Å². The topological polar surface area (TPSA) is 118 Å². The third-order valence-corrected chi connectivity index (χ3v) is 6.07. The van der Waals surface area contributed by atoms with E-state index >= 15 is 0 Å². The molecule has 0 radical (unpaired) electrons. The van der Waals surface area contributed by atoms with Crippen molar-refractivity contribution in [3.63, 3.8) is 0 Å². The maximum Gasteiger partial charge on any atom is 0.341 e. The summed E-state index contributed by atoms with van der Waals surface area (Å²) in [6.07, 6.45) is 0.540. The summed E-state index contributed by atoms with van der Waals surface area (Å²) in [6.45, 7) is 10.2. The first-order valence-electron chi connectivity index (χ1n) is 10.4. The maximum absolute atomic E-state index is 13.0. The summed E-state index contributed by atoms with van der Waals surface area (Å²) in [5.74, 6) is -3.70. The molecule has 0 saturated carbocycles. The van der Waals surface area contributed by atoms with Gasteiger partial charge in [-0.1, -0.05) is 18.2 Å². The van der Waals surface area contributed by atoms with Gasteiger partial charge in [-0.25, -0.2) is 14.4 Å². The average molecular weight is 448 g/mol. The van der Waals surface area contributed by atoms with Gasteiger partial charge >= 0.3 is 23.9 Å². The lowest BCUT2D eigenvalue weighted by molar-refractivity contribution is -0.173. The Morgan fingerprint density at radius 3 is 2.47 bits per heavy atom. The van der Waals surface area contributed by atoms with Crippen molar-refractivity contribution in [1.82, 2.24) is 0 Å². The van der Waals surface area contributed by atoms with Crippen LogP contribution in [0.2, 0.25) is 0 Å². The normalized spacial score (nSPS) is 37.6. The third kappa shape index (κ3) is 4.48. The van der Waals surface area contributed by atoms with E-state index in [1.165, 1.54) is 14.0 Å². The second-order valence-electron chi connectivity index (χ2n) is 8.39. The largest absolute Gasteiger partial charge is 0.466 e. The van der Waals surface area contributed by atoms with Crippen molar-refractivity contribution in [3.8, 4) is 0 Å². The molecule has 2 heterocycles. The standard InChI is InChI=1S/C23H28O9/c1-11-8-7-9-15(21(26)28-6)18(29-14(4)24)19(31-22(27)23(5)13(3)32-23)17-12(2)20(25)30-16(17)10-11/h9-10,13,16-19H,2,7-8H2,1,3-6H3/b11-10-,15-9+/t13-,16-,17+,18+,19+,23-/m1/s1. The molecular weight excluding hydrogens is 420 g/mol. The van der Waals surface area contributed by atoms with Gasteiger partial charge in [0, 0.05) is 12.5 Å². The fourth-order valence-corrected chi connectivity index (χ4v) is 3.98. The number of esters is 4. The van der Waals surface area contributed by atoms with Gasteiger partial charge in [0.05, 0.1) is 24.7 Å². The predicted molar refractivity (Wildman–Crippen MR) is 110 cm³/mol. The highest BCUT2D eigenvalue weighted by molar-refractivity contribution is 5.93. The monoisotopic (exact) mass is 448 g/mol. The van der Waals surface area contributed by atoms with Gasteiger partial charge in [-0.2, -0.15) is 0 Å². The van der Waals surface area contributed by atoms with Crippen LogP contribution in [0.4, 0.5) is 0 Å². The summed E-state index contributed by atoms with van der Waals surface area (Å²) < 4.78 is 27.1. The zero-order valence-corrected chi connectivity index (χ0v) is 18.8. The molecule has 32 heavy (non-hydrogen) atoms. The smallest absolute Gasteiger partial charge is 0.341 e. The summed E-state index contributed by atoms with van der Waals surface area (Å²) >= 11 is 0. The van der Waals surface area contributed by atoms with E-state index in [1.54, 1.807) is 26.0 Å². The van der Waals surface area contributed by atoms with E-state index in [0.29, 0.717) is 12.8 Å². The minimum atomic E-state index is -1.34. The van der Waals surface area contributed by atoms with Gasteiger partial charge in [-0.15, -0.1) is 0 Å². The van der Waals surface area contributed by atoms with Crippen molar-refractivity contribution in [1.29, 1.82) is 0 Å². The molecule has 3 rings (SSSR count). The highest BCUT2D eigenvalue weighted by atomic mass is 16.7. The van der Waals surface area contributed by atoms with Gasteiger partial charge in [0.2, 0.25) is 0 Å². The molecule has 2 fully saturated rings. The molecule has 0 aromatic heterocycles. The van der Waals surface area contributed by atoms with Gasteiger partial charge in [0.1, 0.15) is 6.10 Å². The lowest BCUT2D eigenvalue weighted by Gasteiger charge is -2.33. The summed E-state index contributed by atoms with van der Waals surface area (Å²) in [7, 11) is 1.20. The fourth-order valence-electron chi connectivity index (χ4n) is 3.98. The molecule has 9 nitrogen and oxygen atoms in total. The van der Waals surface area contributed by atoms with Crippen molar-refractivity contribution in [2.45, 2.75) is 70.6 Å². The quantitative estimate of drug-likeness (QED) is 0.209. The van der Waals surface area contributed by atoms with Crippen LogP contribution in [0.15, 0.2) is 35.5 Å². The number of carbonyl (C=O) groups excluding carboxylic acids is 4. The molecule has 0 aromatic rings. The van der Waals surface area contributed by atoms with Crippen LogP contribution in [-0.4, -0.2) is 61.0 Å². The maximum atomic E-state index is 13.0. The molecule has 0 bridgehead atoms. The van der Waals surface area contributed by atoms with Crippen LogP contribution in [0.3, 0.4) is 0 Å². The number of allylic oxidation sites excluding steroid dienone is 2. The molecule has 0 N–H and O–H groups in total. The van der Waals surface area contributed by atoms with E-state index in [0.717, 1.165) is 5.57 Å². The number of carbonyl (C=O) groups is 4. The molecule has 6 atom stereocenters. The Morgan fingerprint density at radius 2 is 1.91 bits per heavy atom. The summed E-state index contributed by atoms with van der Waals surface area (Å²) in [4.78, 5) is 50.0. The molecule has 0 aromatic carbocycles.